The second-order valence-electron chi connectivity index (χ2n) is 10.9. The van der Waals surface area contributed by atoms with E-state index in [4.69, 9.17) is 9.97 Å². The molecule has 42 heavy (non-hydrogen) atoms. The standard InChI is InChI=1S/C38H25N3S/c1-2-10-24(11-3-1)25-18-20-26(21-19-25)36-29-13-4-7-15-31(29)39-38(40-36)41-32-16-8-5-14-30(32)35-33(41)23-22-28-27-12-6-9-17-34(27)42-37(28)35/h1-3,5-6,8-23H,4,7H2. The van der Waals surface area contributed by atoms with Crippen LogP contribution >= 0.6 is 11.3 Å². The summed E-state index contributed by atoms with van der Waals surface area (Å²) in [4.78, 5) is 10.5. The number of benzene rings is 5. The first kappa shape index (κ1) is 23.6. The molecule has 0 aliphatic heterocycles. The molecule has 3 aromatic heterocycles. The van der Waals surface area contributed by atoms with Crippen molar-refractivity contribution >= 4 is 65.5 Å². The highest BCUT2D eigenvalue weighted by Crippen LogP contribution is 2.42. The minimum atomic E-state index is 0.717. The SMILES string of the molecule is C1=c2nc(-n3c4ccccc4c4c5sc6ccccc6c5ccc43)nc(-c3ccc(-c4ccccc4)cc3)c2=CCC1. The van der Waals surface area contributed by atoms with Crippen LogP contribution in [0.5, 0.6) is 0 Å². The van der Waals surface area contributed by atoms with Crippen LogP contribution in [0.3, 0.4) is 0 Å². The van der Waals surface area contributed by atoms with Crippen molar-refractivity contribution in [3.63, 3.8) is 0 Å². The van der Waals surface area contributed by atoms with Crippen LogP contribution in [0, 0.1) is 0 Å². The molecule has 0 bridgehead atoms. The van der Waals surface area contributed by atoms with Gasteiger partial charge in [0.2, 0.25) is 5.95 Å². The van der Waals surface area contributed by atoms with Gasteiger partial charge in [0, 0.05) is 41.7 Å². The van der Waals surface area contributed by atoms with Gasteiger partial charge in [0.25, 0.3) is 0 Å². The molecule has 1 aliphatic carbocycles. The first-order valence-electron chi connectivity index (χ1n) is 14.4. The van der Waals surface area contributed by atoms with Gasteiger partial charge < -0.3 is 0 Å². The lowest BCUT2D eigenvalue weighted by molar-refractivity contribution is 0.949. The van der Waals surface area contributed by atoms with Gasteiger partial charge in [0.15, 0.2) is 0 Å². The number of aromatic nitrogens is 3. The van der Waals surface area contributed by atoms with Crippen LogP contribution < -0.4 is 10.6 Å². The Morgan fingerprint density at radius 1 is 0.548 bits per heavy atom. The maximum Gasteiger partial charge on any atom is 0.235 e. The third kappa shape index (κ3) is 3.52. The maximum absolute atomic E-state index is 5.33. The van der Waals surface area contributed by atoms with E-state index >= 15 is 0 Å². The molecule has 0 saturated heterocycles. The van der Waals surface area contributed by atoms with E-state index in [-0.39, 0.29) is 0 Å². The van der Waals surface area contributed by atoms with E-state index in [2.05, 4.69) is 132 Å². The fourth-order valence-corrected chi connectivity index (χ4v) is 7.76. The van der Waals surface area contributed by atoms with Crippen LogP contribution in [-0.2, 0) is 0 Å². The molecule has 5 aromatic carbocycles. The average molecular weight is 556 g/mol. The highest BCUT2D eigenvalue weighted by Gasteiger charge is 2.20. The molecular weight excluding hydrogens is 531 g/mol. The zero-order chi connectivity index (χ0) is 27.6. The van der Waals surface area contributed by atoms with E-state index in [0.717, 1.165) is 45.7 Å². The Bertz CT molecular complexity index is 2450. The van der Waals surface area contributed by atoms with E-state index < -0.39 is 0 Å². The van der Waals surface area contributed by atoms with Crippen LogP contribution in [0.25, 0.3) is 82.5 Å². The fraction of sp³-hybridized carbons (Fsp3) is 0.0526. The van der Waals surface area contributed by atoms with Crippen molar-refractivity contribution in [3.8, 4) is 28.3 Å². The van der Waals surface area contributed by atoms with E-state index in [0.29, 0.717) is 5.95 Å². The molecular formula is C38H25N3S. The van der Waals surface area contributed by atoms with Gasteiger partial charge in [0.05, 0.1) is 22.1 Å². The number of para-hydroxylation sites is 1. The summed E-state index contributed by atoms with van der Waals surface area (Å²) < 4.78 is 4.89. The van der Waals surface area contributed by atoms with Crippen molar-refractivity contribution in [1.29, 1.82) is 0 Å². The largest absolute Gasteiger partial charge is 0.278 e. The molecule has 1 aliphatic rings. The normalized spacial score (nSPS) is 13.0. The van der Waals surface area contributed by atoms with Crippen molar-refractivity contribution in [2.45, 2.75) is 12.8 Å². The van der Waals surface area contributed by atoms with Crippen LogP contribution in [0.15, 0.2) is 115 Å². The molecule has 0 unspecified atom stereocenters. The molecule has 0 radical (unpaired) electrons. The summed E-state index contributed by atoms with van der Waals surface area (Å²) in [6, 6.07) is 41.2. The molecule has 3 nitrogen and oxygen atoms in total. The predicted octanol–water partition coefficient (Wildman–Crippen LogP) is 8.63. The van der Waals surface area contributed by atoms with Crippen molar-refractivity contribution in [1.82, 2.24) is 14.5 Å². The second-order valence-corrected chi connectivity index (χ2v) is 11.9. The van der Waals surface area contributed by atoms with Crippen molar-refractivity contribution in [3.05, 3.63) is 126 Å². The number of hydrogen-bond donors (Lipinski definition) is 0. The Morgan fingerprint density at radius 2 is 1.26 bits per heavy atom. The number of rotatable bonds is 3. The monoisotopic (exact) mass is 555 g/mol. The summed E-state index contributed by atoms with van der Waals surface area (Å²) in [5.41, 5.74) is 6.77. The molecule has 4 heteroatoms. The maximum atomic E-state index is 5.33. The quantitative estimate of drug-likeness (QED) is 0.218. The molecule has 8 aromatic rings. The summed E-state index contributed by atoms with van der Waals surface area (Å²) >= 11 is 1.87. The molecule has 0 N–H and O–H groups in total. The Labute approximate surface area is 246 Å². The third-order valence-corrected chi connectivity index (χ3v) is 9.67. The molecule has 3 heterocycles. The van der Waals surface area contributed by atoms with E-state index in [9.17, 15) is 0 Å². The molecule has 0 spiro atoms. The summed E-state index contributed by atoms with van der Waals surface area (Å²) in [7, 11) is 0. The van der Waals surface area contributed by atoms with Gasteiger partial charge in [-0.3, -0.25) is 4.57 Å². The number of fused-ring (bicyclic) bond motifs is 8. The predicted molar refractivity (Wildman–Crippen MR) is 178 cm³/mol. The minimum absolute atomic E-state index is 0.717. The molecule has 0 amide bonds. The lowest BCUT2D eigenvalue weighted by atomic mass is 10.0. The number of thiophene rings is 1. The van der Waals surface area contributed by atoms with Crippen molar-refractivity contribution < 1.29 is 0 Å². The molecule has 9 rings (SSSR count). The van der Waals surface area contributed by atoms with Crippen molar-refractivity contribution in [2.24, 2.45) is 0 Å². The lowest BCUT2D eigenvalue weighted by Gasteiger charge is -2.12. The second kappa shape index (κ2) is 9.23. The Balaban J connectivity index is 1.32. The van der Waals surface area contributed by atoms with Gasteiger partial charge >= 0.3 is 0 Å². The molecule has 198 valence electrons. The van der Waals surface area contributed by atoms with E-state index in [1.807, 2.05) is 11.3 Å². The Morgan fingerprint density at radius 3 is 2.14 bits per heavy atom. The van der Waals surface area contributed by atoms with Gasteiger partial charge in [-0.2, -0.15) is 0 Å². The first-order valence-corrected chi connectivity index (χ1v) is 15.2. The summed E-state index contributed by atoms with van der Waals surface area (Å²) in [5, 5.41) is 7.27. The van der Waals surface area contributed by atoms with E-state index in [1.165, 1.54) is 42.1 Å². The Hall–Kier alpha value is -5.06. The highest BCUT2D eigenvalue weighted by molar-refractivity contribution is 7.26. The van der Waals surface area contributed by atoms with E-state index in [1.54, 1.807) is 0 Å². The highest BCUT2D eigenvalue weighted by atomic mass is 32.1. The summed E-state index contributed by atoms with van der Waals surface area (Å²) in [6.45, 7) is 0. The first-order chi connectivity index (χ1) is 20.8. The zero-order valence-electron chi connectivity index (χ0n) is 22.8. The minimum Gasteiger partial charge on any atom is -0.278 e. The van der Waals surface area contributed by atoms with Gasteiger partial charge in [-0.05, 0) is 42.2 Å². The van der Waals surface area contributed by atoms with Crippen LogP contribution in [0.2, 0.25) is 0 Å². The van der Waals surface area contributed by atoms with Crippen LogP contribution in [0.4, 0.5) is 0 Å². The third-order valence-electron chi connectivity index (χ3n) is 8.46. The van der Waals surface area contributed by atoms with Crippen LogP contribution in [-0.4, -0.2) is 14.5 Å². The lowest BCUT2D eigenvalue weighted by Crippen LogP contribution is -2.34. The molecule has 0 saturated carbocycles. The average Bonchev–Trinajstić information content (AvgIpc) is 3.60. The van der Waals surface area contributed by atoms with Gasteiger partial charge in [-0.25, -0.2) is 9.97 Å². The Kier molecular flexibility index (Phi) is 5.19. The van der Waals surface area contributed by atoms with Crippen molar-refractivity contribution in [2.75, 3.05) is 0 Å². The van der Waals surface area contributed by atoms with Crippen LogP contribution in [0.1, 0.15) is 12.8 Å². The molecule has 0 atom stereocenters. The summed E-state index contributed by atoms with van der Waals surface area (Å²) in [6.07, 6.45) is 6.56. The van der Waals surface area contributed by atoms with Gasteiger partial charge in [-0.15, -0.1) is 11.3 Å². The van der Waals surface area contributed by atoms with Gasteiger partial charge in [-0.1, -0.05) is 109 Å². The molecule has 0 fully saturated rings. The topological polar surface area (TPSA) is 30.7 Å². The number of nitrogens with zero attached hydrogens (tertiary/aromatic N) is 3. The smallest absolute Gasteiger partial charge is 0.235 e. The summed E-state index contributed by atoms with van der Waals surface area (Å²) in [5.74, 6) is 0.717. The fourth-order valence-electron chi connectivity index (χ4n) is 6.50. The van der Waals surface area contributed by atoms with Gasteiger partial charge in [0.1, 0.15) is 0 Å². The zero-order valence-corrected chi connectivity index (χ0v) is 23.6. The number of hydrogen-bond acceptors (Lipinski definition) is 3.